The van der Waals surface area contributed by atoms with Crippen molar-refractivity contribution in [3.8, 4) is 11.4 Å². The molecule has 0 aliphatic carbocycles. The molecule has 1 unspecified atom stereocenters. The lowest BCUT2D eigenvalue weighted by molar-refractivity contribution is -0.0511. The molecule has 1 aliphatic heterocycles. The Kier molecular flexibility index (Phi) is 5.46. The minimum absolute atomic E-state index is 0.189. The largest absolute Gasteiger partial charge is 0.394 e. The van der Waals surface area contributed by atoms with Crippen LogP contribution in [0.5, 0.6) is 0 Å². The molecule has 11 nitrogen and oxygen atoms in total. The number of anilines is 1. The van der Waals surface area contributed by atoms with Gasteiger partial charge in [0.15, 0.2) is 23.5 Å². The first-order chi connectivity index (χ1) is 14.0. The topological polar surface area (TPSA) is 157 Å². The third-order valence-corrected chi connectivity index (χ3v) is 5.12. The van der Waals surface area contributed by atoms with Crippen molar-refractivity contribution in [2.75, 3.05) is 12.3 Å². The van der Waals surface area contributed by atoms with Crippen LogP contribution in [0.1, 0.15) is 32.4 Å². The Hall–Kier alpha value is -2.60. The molecule has 1 saturated heterocycles. The van der Waals surface area contributed by atoms with Crippen molar-refractivity contribution in [1.82, 2.24) is 29.3 Å². The predicted molar refractivity (Wildman–Crippen MR) is 103 cm³/mol. The van der Waals surface area contributed by atoms with E-state index >= 15 is 0 Å². The maximum absolute atomic E-state index is 10.3. The normalized spacial score (nSPS) is 24.6. The molecule has 3 aromatic rings. The van der Waals surface area contributed by atoms with Gasteiger partial charge in [-0.3, -0.25) is 9.25 Å². The third kappa shape index (κ3) is 3.57. The fourth-order valence-electron chi connectivity index (χ4n) is 3.49. The second-order valence-electron chi connectivity index (χ2n) is 7.18. The number of ether oxygens (including phenoxy) is 1. The highest BCUT2D eigenvalue weighted by molar-refractivity contribution is 5.83. The van der Waals surface area contributed by atoms with E-state index in [4.69, 9.17) is 10.5 Å². The quantitative estimate of drug-likeness (QED) is 0.401. The first-order valence-corrected chi connectivity index (χ1v) is 9.68. The summed E-state index contributed by atoms with van der Waals surface area (Å²) in [7, 11) is 0. The summed E-state index contributed by atoms with van der Waals surface area (Å²) in [5.41, 5.74) is 7.52. The average Bonchev–Trinajstić information content (AvgIpc) is 3.41. The number of nitrogens with two attached hydrogens (primary N) is 1. The van der Waals surface area contributed by atoms with Crippen molar-refractivity contribution in [2.24, 2.45) is 0 Å². The highest BCUT2D eigenvalue weighted by Gasteiger charge is 2.44. The molecule has 156 valence electrons. The summed E-state index contributed by atoms with van der Waals surface area (Å²) in [6, 6.07) is 0. The summed E-state index contributed by atoms with van der Waals surface area (Å²) >= 11 is 0. The SMILES string of the molecule is CCCCCn1cc(-c2nc(N)c3ncn(C4O[C@H](CO)[C@@H](O)[C@H]4O)c3n2)cn1. The van der Waals surface area contributed by atoms with Crippen LogP contribution in [0, 0.1) is 0 Å². The second kappa shape index (κ2) is 8.03. The molecule has 4 atom stereocenters. The van der Waals surface area contributed by atoms with E-state index in [1.807, 2.05) is 10.9 Å². The fourth-order valence-corrected chi connectivity index (χ4v) is 3.49. The van der Waals surface area contributed by atoms with Crippen molar-refractivity contribution < 1.29 is 20.1 Å². The Morgan fingerprint density at radius 1 is 1.21 bits per heavy atom. The predicted octanol–water partition coefficient (Wildman–Crippen LogP) is 0.0737. The van der Waals surface area contributed by atoms with Gasteiger partial charge in [0.2, 0.25) is 0 Å². The van der Waals surface area contributed by atoms with Crippen LogP contribution in [-0.2, 0) is 11.3 Å². The molecule has 0 aromatic carbocycles. The number of fused-ring (bicyclic) bond motifs is 1. The maximum atomic E-state index is 10.3. The fraction of sp³-hybridized carbons (Fsp3) is 0.556. The summed E-state index contributed by atoms with van der Waals surface area (Å²) in [6.45, 7) is 2.54. The lowest BCUT2D eigenvalue weighted by atomic mass is 10.1. The third-order valence-electron chi connectivity index (χ3n) is 5.12. The van der Waals surface area contributed by atoms with Crippen LogP contribution in [0.15, 0.2) is 18.7 Å². The van der Waals surface area contributed by atoms with Crippen LogP contribution >= 0.6 is 0 Å². The Labute approximate surface area is 166 Å². The molecular weight excluding hydrogens is 378 g/mol. The van der Waals surface area contributed by atoms with Gasteiger partial charge in [-0.2, -0.15) is 5.10 Å². The Bertz CT molecular complexity index is 988. The van der Waals surface area contributed by atoms with E-state index in [9.17, 15) is 15.3 Å². The smallest absolute Gasteiger partial charge is 0.168 e. The van der Waals surface area contributed by atoms with Crippen molar-refractivity contribution in [1.29, 1.82) is 0 Å². The number of aliphatic hydroxyl groups excluding tert-OH is 3. The number of hydrogen-bond acceptors (Lipinski definition) is 9. The zero-order valence-corrected chi connectivity index (χ0v) is 16.1. The zero-order valence-electron chi connectivity index (χ0n) is 16.1. The van der Waals surface area contributed by atoms with E-state index in [1.165, 1.54) is 10.9 Å². The van der Waals surface area contributed by atoms with Crippen LogP contribution in [-0.4, -0.2) is 69.5 Å². The molecule has 4 rings (SSSR count). The minimum Gasteiger partial charge on any atom is -0.394 e. The molecule has 29 heavy (non-hydrogen) atoms. The van der Waals surface area contributed by atoms with Gasteiger partial charge in [-0.25, -0.2) is 15.0 Å². The molecule has 0 amide bonds. The van der Waals surface area contributed by atoms with Crippen LogP contribution in [0.3, 0.4) is 0 Å². The number of aliphatic hydroxyl groups is 3. The van der Waals surface area contributed by atoms with Crippen molar-refractivity contribution in [3.63, 3.8) is 0 Å². The number of imidazole rings is 1. The van der Waals surface area contributed by atoms with E-state index in [0.717, 1.165) is 25.8 Å². The Morgan fingerprint density at radius 3 is 2.76 bits per heavy atom. The molecule has 0 saturated carbocycles. The van der Waals surface area contributed by atoms with E-state index in [0.29, 0.717) is 22.6 Å². The van der Waals surface area contributed by atoms with Gasteiger partial charge in [0.05, 0.1) is 24.7 Å². The molecule has 0 spiro atoms. The molecule has 5 N–H and O–H groups in total. The molecule has 4 heterocycles. The zero-order chi connectivity index (χ0) is 20.5. The number of hydrogen-bond donors (Lipinski definition) is 4. The Morgan fingerprint density at radius 2 is 2.03 bits per heavy atom. The first-order valence-electron chi connectivity index (χ1n) is 9.68. The lowest BCUT2D eigenvalue weighted by Crippen LogP contribution is -2.33. The van der Waals surface area contributed by atoms with Gasteiger partial charge in [-0.05, 0) is 6.42 Å². The van der Waals surface area contributed by atoms with Gasteiger partial charge in [0.25, 0.3) is 0 Å². The van der Waals surface area contributed by atoms with E-state index in [1.54, 1.807) is 6.20 Å². The van der Waals surface area contributed by atoms with Gasteiger partial charge < -0.3 is 25.8 Å². The molecule has 11 heteroatoms. The van der Waals surface area contributed by atoms with Gasteiger partial charge in [0, 0.05) is 12.7 Å². The number of nitrogens with zero attached hydrogens (tertiary/aromatic N) is 6. The summed E-state index contributed by atoms with van der Waals surface area (Å²) < 4.78 is 8.92. The molecule has 0 radical (unpaired) electrons. The van der Waals surface area contributed by atoms with Crippen molar-refractivity contribution in [3.05, 3.63) is 18.7 Å². The standard InChI is InChI=1S/C18H25N7O4/c1-2-3-4-5-24-7-10(6-21-24)16-22-15(19)12-17(23-16)25(9-20-12)18-14(28)13(27)11(8-26)29-18/h6-7,9,11,13-14,18,26-28H,2-5,8H2,1H3,(H2,19,22,23)/t11-,13-,14-,18?/m1/s1. The average molecular weight is 403 g/mol. The molecule has 1 fully saturated rings. The van der Waals surface area contributed by atoms with E-state index in [-0.39, 0.29) is 5.82 Å². The monoisotopic (exact) mass is 403 g/mol. The van der Waals surface area contributed by atoms with Gasteiger partial charge in [0.1, 0.15) is 23.8 Å². The number of unbranched alkanes of at least 4 members (excludes halogenated alkanes) is 2. The van der Waals surface area contributed by atoms with Gasteiger partial charge >= 0.3 is 0 Å². The summed E-state index contributed by atoms with van der Waals surface area (Å²) in [6.07, 6.45) is 3.96. The van der Waals surface area contributed by atoms with Crippen LogP contribution < -0.4 is 5.73 Å². The number of aryl methyl sites for hydroxylation is 1. The van der Waals surface area contributed by atoms with Crippen LogP contribution in [0.25, 0.3) is 22.6 Å². The molecule has 0 bridgehead atoms. The lowest BCUT2D eigenvalue weighted by Gasteiger charge is -2.16. The number of nitrogen functional groups attached to an aromatic ring is 1. The highest BCUT2D eigenvalue weighted by atomic mass is 16.6. The summed E-state index contributed by atoms with van der Waals surface area (Å²) in [5, 5.41) is 34.0. The van der Waals surface area contributed by atoms with Gasteiger partial charge in [-0.15, -0.1) is 0 Å². The van der Waals surface area contributed by atoms with Gasteiger partial charge in [-0.1, -0.05) is 19.8 Å². The van der Waals surface area contributed by atoms with E-state index in [2.05, 4.69) is 27.0 Å². The molecule has 1 aliphatic rings. The number of aromatic nitrogens is 6. The summed E-state index contributed by atoms with van der Waals surface area (Å²) in [5.74, 6) is 0.569. The van der Waals surface area contributed by atoms with E-state index < -0.39 is 31.1 Å². The Balaban J connectivity index is 1.67. The first kappa shape index (κ1) is 19.7. The van der Waals surface area contributed by atoms with Crippen molar-refractivity contribution in [2.45, 2.75) is 57.3 Å². The van der Waals surface area contributed by atoms with Crippen LogP contribution in [0.2, 0.25) is 0 Å². The second-order valence-corrected chi connectivity index (χ2v) is 7.18. The maximum Gasteiger partial charge on any atom is 0.168 e. The molecule has 3 aromatic heterocycles. The highest BCUT2D eigenvalue weighted by Crippen LogP contribution is 2.32. The minimum atomic E-state index is -1.24. The van der Waals surface area contributed by atoms with Crippen molar-refractivity contribution >= 4 is 17.0 Å². The van der Waals surface area contributed by atoms with Crippen LogP contribution in [0.4, 0.5) is 5.82 Å². The molecular formula is C18H25N7O4. The number of rotatable bonds is 7. The summed E-state index contributed by atoms with van der Waals surface area (Å²) in [4.78, 5) is 13.1.